The van der Waals surface area contributed by atoms with Gasteiger partial charge in [-0.3, -0.25) is 4.90 Å². The maximum Gasteiger partial charge on any atom is 0.0237 e. The van der Waals surface area contributed by atoms with Gasteiger partial charge in [0, 0.05) is 19.1 Å². The fraction of sp³-hybridized carbons (Fsp3) is 0.308. The summed E-state index contributed by atoms with van der Waals surface area (Å²) >= 11 is 0. The van der Waals surface area contributed by atoms with Crippen molar-refractivity contribution in [3.05, 3.63) is 95.6 Å². The molecular formula is C26H27N. The van der Waals surface area contributed by atoms with E-state index >= 15 is 0 Å². The molecule has 0 N–H and O–H groups in total. The number of hydrogen-bond acceptors (Lipinski definition) is 1. The SMILES string of the molecule is c1ccc(-c2cccc(CN3C[C@H]4CC[C@@H]3Cc3ccccc3C4)c2)cc1. The van der Waals surface area contributed by atoms with E-state index in [4.69, 9.17) is 0 Å². The van der Waals surface area contributed by atoms with Crippen LogP contribution >= 0.6 is 0 Å². The Morgan fingerprint density at radius 3 is 2.30 bits per heavy atom. The van der Waals surface area contributed by atoms with Crippen LogP contribution in [-0.2, 0) is 19.4 Å². The third-order valence-corrected chi connectivity index (χ3v) is 6.42. The molecule has 0 radical (unpaired) electrons. The molecule has 3 aromatic rings. The molecule has 0 saturated carbocycles. The summed E-state index contributed by atoms with van der Waals surface area (Å²) in [5, 5.41) is 0. The van der Waals surface area contributed by atoms with Crippen LogP contribution in [0.15, 0.2) is 78.9 Å². The molecule has 0 aromatic heterocycles. The van der Waals surface area contributed by atoms with Crippen molar-refractivity contribution in [2.24, 2.45) is 5.92 Å². The van der Waals surface area contributed by atoms with Gasteiger partial charge in [0.05, 0.1) is 0 Å². The molecule has 0 unspecified atom stereocenters. The van der Waals surface area contributed by atoms with Crippen LogP contribution in [0.5, 0.6) is 0 Å². The first kappa shape index (κ1) is 16.8. The molecule has 1 heteroatoms. The number of hydrogen-bond donors (Lipinski definition) is 0. The van der Waals surface area contributed by atoms with Crippen LogP contribution < -0.4 is 0 Å². The standard InChI is InChI=1S/C26H27N/c1-2-8-22(9-3-1)23-12-6-7-20(15-23)18-27-19-21-13-14-26(27)17-25-11-5-4-10-24(25)16-21/h1-12,15,21,26H,13-14,16-19H2/t21-,26+/m0/s1. The lowest BCUT2D eigenvalue weighted by Gasteiger charge is -2.42. The zero-order valence-corrected chi connectivity index (χ0v) is 15.9. The smallest absolute Gasteiger partial charge is 0.0237 e. The van der Waals surface area contributed by atoms with Gasteiger partial charge in [-0.1, -0.05) is 72.8 Å². The van der Waals surface area contributed by atoms with Gasteiger partial charge in [0.25, 0.3) is 0 Å². The minimum absolute atomic E-state index is 0.683. The lowest BCUT2D eigenvalue weighted by molar-refractivity contribution is 0.0938. The van der Waals surface area contributed by atoms with E-state index in [0.29, 0.717) is 6.04 Å². The number of nitrogens with zero attached hydrogens (tertiary/aromatic N) is 1. The Morgan fingerprint density at radius 2 is 1.44 bits per heavy atom. The maximum absolute atomic E-state index is 2.76. The highest BCUT2D eigenvalue weighted by molar-refractivity contribution is 5.63. The van der Waals surface area contributed by atoms with Crippen LogP contribution in [0, 0.1) is 5.92 Å². The fourth-order valence-corrected chi connectivity index (χ4v) is 5.01. The second-order valence-electron chi connectivity index (χ2n) is 8.27. The van der Waals surface area contributed by atoms with E-state index < -0.39 is 0 Å². The summed E-state index contributed by atoms with van der Waals surface area (Å²) in [6.07, 6.45) is 5.20. The Balaban J connectivity index is 1.39. The number of rotatable bonds is 3. The van der Waals surface area contributed by atoms with E-state index in [1.165, 1.54) is 48.9 Å². The van der Waals surface area contributed by atoms with Crippen molar-refractivity contribution in [2.75, 3.05) is 6.54 Å². The average Bonchev–Trinajstić information content (AvgIpc) is 2.70. The quantitative estimate of drug-likeness (QED) is 0.581. The van der Waals surface area contributed by atoms with E-state index in [-0.39, 0.29) is 0 Å². The molecule has 2 heterocycles. The van der Waals surface area contributed by atoms with Gasteiger partial charge in [0.2, 0.25) is 0 Å². The topological polar surface area (TPSA) is 3.24 Å². The van der Waals surface area contributed by atoms with Crippen LogP contribution in [0.2, 0.25) is 0 Å². The van der Waals surface area contributed by atoms with Crippen molar-refractivity contribution >= 4 is 0 Å². The minimum Gasteiger partial charge on any atom is -0.296 e. The first-order valence-electron chi connectivity index (χ1n) is 10.3. The van der Waals surface area contributed by atoms with Crippen LogP contribution in [0.25, 0.3) is 11.1 Å². The number of fused-ring (bicyclic) bond motifs is 2. The first-order valence-corrected chi connectivity index (χ1v) is 10.3. The molecule has 27 heavy (non-hydrogen) atoms. The summed E-state index contributed by atoms with van der Waals surface area (Å²) in [6.45, 7) is 2.32. The van der Waals surface area contributed by atoms with Gasteiger partial charge in [-0.25, -0.2) is 0 Å². The predicted molar refractivity (Wildman–Crippen MR) is 113 cm³/mol. The predicted octanol–water partition coefficient (Wildman–Crippen LogP) is 5.73. The highest BCUT2D eigenvalue weighted by Crippen LogP contribution is 2.33. The molecule has 136 valence electrons. The van der Waals surface area contributed by atoms with Crippen molar-refractivity contribution in [3.8, 4) is 11.1 Å². The van der Waals surface area contributed by atoms with Gasteiger partial charge in [-0.15, -0.1) is 0 Å². The van der Waals surface area contributed by atoms with E-state index in [0.717, 1.165) is 12.5 Å². The molecule has 1 saturated heterocycles. The lowest BCUT2D eigenvalue weighted by atomic mass is 9.80. The van der Waals surface area contributed by atoms with Crippen molar-refractivity contribution in [1.29, 1.82) is 0 Å². The molecule has 2 aliphatic heterocycles. The zero-order chi connectivity index (χ0) is 18.1. The van der Waals surface area contributed by atoms with Crippen molar-refractivity contribution in [1.82, 2.24) is 4.90 Å². The molecule has 2 bridgehead atoms. The summed E-state index contributed by atoms with van der Waals surface area (Å²) in [6, 6.07) is 29.7. The Hall–Kier alpha value is -2.38. The third-order valence-electron chi connectivity index (χ3n) is 6.42. The van der Waals surface area contributed by atoms with Gasteiger partial charge < -0.3 is 0 Å². The van der Waals surface area contributed by atoms with Crippen molar-refractivity contribution in [2.45, 2.75) is 38.3 Å². The second kappa shape index (κ2) is 7.32. The molecule has 0 amide bonds. The van der Waals surface area contributed by atoms with E-state index in [2.05, 4.69) is 83.8 Å². The number of benzene rings is 3. The van der Waals surface area contributed by atoms with Crippen molar-refractivity contribution in [3.63, 3.8) is 0 Å². The summed E-state index contributed by atoms with van der Waals surface area (Å²) in [5.74, 6) is 0.806. The lowest BCUT2D eigenvalue weighted by Crippen LogP contribution is -2.46. The van der Waals surface area contributed by atoms with Crippen LogP contribution in [0.3, 0.4) is 0 Å². The molecular weight excluding hydrogens is 326 g/mol. The van der Waals surface area contributed by atoms with Gasteiger partial charge in [-0.05, 0) is 65.5 Å². The second-order valence-corrected chi connectivity index (χ2v) is 8.27. The van der Waals surface area contributed by atoms with E-state index in [9.17, 15) is 0 Å². The van der Waals surface area contributed by atoms with E-state index in [1.54, 1.807) is 11.1 Å². The molecule has 2 atom stereocenters. The maximum atomic E-state index is 2.76. The average molecular weight is 354 g/mol. The monoisotopic (exact) mass is 353 g/mol. The van der Waals surface area contributed by atoms with Gasteiger partial charge >= 0.3 is 0 Å². The van der Waals surface area contributed by atoms with Crippen molar-refractivity contribution < 1.29 is 0 Å². The zero-order valence-electron chi connectivity index (χ0n) is 15.9. The summed E-state index contributed by atoms with van der Waals surface area (Å²) in [7, 11) is 0. The highest BCUT2D eigenvalue weighted by Gasteiger charge is 2.31. The highest BCUT2D eigenvalue weighted by atomic mass is 15.2. The molecule has 1 aliphatic carbocycles. The molecule has 0 spiro atoms. The molecule has 1 fully saturated rings. The van der Waals surface area contributed by atoms with E-state index in [1.807, 2.05) is 0 Å². The normalized spacial score (nSPS) is 22.1. The van der Waals surface area contributed by atoms with Gasteiger partial charge in [0.15, 0.2) is 0 Å². The Labute approximate surface area is 162 Å². The molecule has 1 nitrogen and oxygen atoms in total. The molecule has 3 aliphatic rings. The largest absolute Gasteiger partial charge is 0.296 e. The Morgan fingerprint density at radius 1 is 0.704 bits per heavy atom. The van der Waals surface area contributed by atoms with Gasteiger partial charge in [0.1, 0.15) is 0 Å². The molecule has 6 rings (SSSR count). The Bertz CT molecular complexity index is 914. The van der Waals surface area contributed by atoms with Crippen LogP contribution in [-0.4, -0.2) is 17.5 Å². The summed E-state index contributed by atoms with van der Waals surface area (Å²) in [5.41, 5.74) is 7.25. The Kier molecular flexibility index (Phi) is 4.55. The van der Waals surface area contributed by atoms with Gasteiger partial charge in [-0.2, -0.15) is 0 Å². The molecule has 3 aromatic carbocycles. The summed E-state index contributed by atoms with van der Waals surface area (Å²) < 4.78 is 0. The summed E-state index contributed by atoms with van der Waals surface area (Å²) in [4.78, 5) is 2.76. The minimum atomic E-state index is 0.683. The fourth-order valence-electron chi connectivity index (χ4n) is 5.01. The van der Waals surface area contributed by atoms with Crippen LogP contribution in [0.1, 0.15) is 29.5 Å². The van der Waals surface area contributed by atoms with Crippen LogP contribution in [0.4, 0.5) is 0 Å². The first-order chi connectivity index (χ1) is 13.3. The third kappa shape index (κ3) is 3.57. The number of piperidine rings is 1.